The highest BCUT2D eigenvalue weighted by atomic mass is 15.2. The van der Waals surface area contributed by atoms with Gasteiger partial charge in [0.05, 0.1) is 74.6 Å². The Morgan fingerprint density at radius 1 is 0.571 bits per heavy atom. The minimum Gasteiger partial charge on any atom is -0.332 e. The van der Waals surface area contributed by atoms with Crippen molar-refractivity contribution in [1.82, 2.24) is 19.9 Å². The molecule has 3 aromatic heterocycles. The maximum atomic E-state index is 5.54. The predicted octanol–water partition coefficient (Wildman–Crippen LogP) is 12.3. The summed E-state index contributed by atoms with van der Waals surface area (Å²) in [5.41, 5.74) is 15.0. The van der Waals surface area contributed by atoms with Crippen molar-refractivity contribution in [2.45, 2.75) is 84.1 Å². The Labute approximate surface area is 329 Å². The molecule has 0 amide bonds. The van der Waals surface area contributed by atoms with Crippen LogP contribution in [0.4, 0.5) is 28.4 Å². The molecule has 2 aliphatic heterocycles. The summed E-state index contributed by atoms with van der Waals surface area (Å²) >= 11 is 0. The number of nitrogens with zero attached hydrogens (tertiary/aromatic N) is 6. The number of hydrogen-bond acceptors (Lipinski definition) is 6. The molecule has 0 saturated heterocycles. The van der Waals surface area contributed by atoms with Gasteiger partial charge in [-0.3, -0.25) is 9.97 Å². The van der Waals surface area contributed by atoms with Crippen molar-refractivity contribution >= 4 is 61.3 Å². The molecule has 7 aromatic rings. The molecule has 1 aliphatic carbocycles. The number of aromatic nitrogens is 4. The van der Waals surface area contributed by atoms with Gasteiger partial charge in [-0.15, -0.1) is 0 Å². The van der Waals surface area contributed by atoms with Gasteiger partial charge in [0.1, 0.15) is 0 Å². The highest BCUT2D eigenvalue weighted by Crippen LogP contribution is 2.53. The van der Waals surface area contributed by atoms with Gasteiger partial charge in [0.2, 0.25) is 0 Å². The van der Waals surface area contributed by atoms with Gasteiger partial charge in [-0.2, -0.15) is 0 Å². The minimum atomic E-state index is -0.150. The van der Waals surface area contributed by atoms with E-state index in [9.17, 15) is 0 Å². The van der Waals surface area contributed by atoms with Gasteiger partial charge in [-0.05, 0) is 59.9 Å². The molecule has 2 unspecified atom stereocenters. The molecular weight excluding hydrogens is 685 g/mol. The van der Waals surface area contributed by atoms with Crippen LogP contribution in [0.15, 0.2) is 122 Å². The second kappa shape index (κ2) is 12.8. The summed E-state index contributed by atoms with van der Waals surface area (Å²) in [4.78, 5) is 26.6. The average Bonchev–Trinajstić information content (AvgIpc) is 3.22. The molecule has 0 fully saturated rings. The van der Waals surface area contributed by atoms with Crippen molar-refractivity contribution in [2.75, 3.05) is 9.80 Å². The number of allylic oxidation sites excluding steroid dienone is 2. The first-order chi connectivity index (χ1) is 27.2. The number of benzene rings is 4. The summed E-state index contributed by atoms with van der Waals surface area (Å²) in [6.07, 6.45) is 17.0. The zero-order chi connectivity index (χ0) is 38.3. The standard InChI is InChI=1S/C50H48N6/c1-7-17-39-40(18-8-2)54-48-34-28-32(56-43-25-15-11-21-37(43)50(5,6)38-22-12-16-26-44(38)56)30-52-46(34)45-33(47(48)53-39)27-31(29-51-45)55-41-23-13-9-19-35(41)49(3,4)36-20-10-14-24-42(36)55/h9-16,19-30,35,41H,7-8,17-18H2,1-6H3. The van der Waals surface area contributed by atoms with E-state index in [1.807, 2.05) is 12.4 Å². The highest BCUT2D eigenvalue weighted by Gasteiger charge is 2.45. The van der Waals surface area contributed by atoms with Crippen LogP contribution in [-0.2, 0) is 23.7 Å². The third-order valence-electron chi connectivity index (χ3n) is 12.8. The maximum Gasteiger partial charge on any atom is 0.0992 e. The maximum absolute atomic E-state index is 5.54. The Hall–Kier alpha value is -5.88. The Morgan fingerprint density at radius 2 is 1.07 bits per heavy atom. The molecular formula is C50H48N6. The second-order valence-electron chi connectivity index (χ2n) is 16.9. The van der Waals surface area contributed by atoms with Gasteiger partial charge in [0, 0.05) is 33.2 Å². The van der Waals surface area contributed by atoms with Crippen molar-refractivity contribution in [3.8, 4) is 0 Å². The zero-order valence-electron chi connectivity index (χ0n) is 33.2. The van der Waals surface area contributed by atoms with Crippen molar-refractivity contribution in [3.63, 3.8) is 0 Å². The molecule has 0 radical (unpaired) electrons. The smallest absolute Gasteiger partial charge is 0.0992 e. The second-order valence-corrected chi connectivity index (χ2v) is 16.9. The fourth-order valence-electron chi connectivity index (χ4n) is 9.99. The van der Waals surface area contributed by atoms with Crippen LogP contribution in [0, 0.1) is 5.92 Å². The van der Waals surface area contributed by atoms with Crippen LogP contribution in [-0.4, -0.2) is 26.0 Å². The van der Waals surface area contributed by atoms with Crippen LogP contribution >= 0.6 is 0 Å². The molecule has 6 nitrogen and oxygen atoms in total. The van der Waals surface area contributed by atoms with Crippen LogP contribution in [0.2, 0.25) is 0 Å². The summed E-state index contributed by atoms with van der Waals surface area (Å²) in [6, 6.07) is 31.2. The molecule has 10 rings (SSSR count). The number of fused-ring (bicyclic) bond motifs is 10. The number of para-hydroxylation sites is 3. The van der Waals surface area contributed by atoms with Gasteiger partial charge in [0.25, 0.3) is 0 Å². The van der Waals surface area contributed by atoms with Crippen molar-refractivity contribution in [1.29, 1.82) is 0 Å². The Balaban J connectivity index is 1.24. The van der Waals surface area contributed by atoms with Gasteiger partial charge < -0.3 is 9.80 Å². The zero-order valence-corrected chi connectivity index (χ0v) is 33.2. The molecule has 6 heteroatoms. The Kier molecular flexibility index (Phi) is 7.93. The molecule has 56 heavy (non-hydrogen) atoms. The lowest BCUT2D eigenvalue weighted by Gasteiger charge is -2.50. The molecule has 0 N–H and O–H groups in total. The minimum absolute atomic E-state index is 0.0326. The number of hydrogen-bond donors (Lipinski definition) is 0. The van der Waals surface area contributed by atoms with E-state index in [-0.39, 0.29) is 16.9 Å². The topological polar surface area (TPSA) is 58.0 Å². The normalized spacial score (nSPS) is 18.9. The van der Waals surface area contributed by atoms with E-state index >= 15 is 0 Å². The van der Waals surface area contributed by atoms with Crippen LogP contribution in [0.1, 0.15) is 82.5 Å². The third-order valence-corrected chi connectivity index (χ3v) is 12.8. The first kappa shape index (κ1) is 34.6. The average molecular weight is 733 g/mol. The monoisotopic (exact) mass is 732 g/mol. The lowest BCUT2D eigenvalue weighted by molar-refractivity contribution is 0.332. The molecule has 0 bridgehead atoms. The molecule has 0 saturated carbocycles. The van der Waals surface area contributed by atoms with Gasteiger partial charge in [0.15, 0.2) is 0 Å². The number of aryl methyl sites for hydroxylation is 2. The fourth-order valence-corrected chi connectivity index (χ4v) is 9.99. The molecule has 0 spiro atoms. The Morgan fingerprint density at radius 3 is 1.66 bits per heavy atom. The fraction of sp³-hybridized carbons (Fsp3) is 0.280. The lowest BCUT2D eigenvalue weighted by Crippen LogP contribution is -2.49. The highest BCUT2D eigenvalue weighted by molar-refractivity contribution is 6.21. The molecule has 5 heterocycles. The largest absolute Gasteiger partial charge is 0.332 e. The summed E-state index contributed by atoms with van der Waals surface area (Å²) in [5.74, 6) is 0.301. The van der Waals surface area contributed by atoms with Crippen LogP contribution in [0.5, 0.6) is 0 Å². The third kappa shape index (κ3) is 5.00. The SMILES string of the molecule is CCCc1nc2c3cc(N4c5ccccc5C(C)(C)c5ccccc54)cnc3c3ncc(N4c5ccccc5C(C)(C)C5C=CC=CC54)cc3c2nc1CCC. The van der Waals surface area contributed by atoms with E-state index in [1.54, 1.807) is 0 Å². The van der Waals surface area contributed by atoms with E-state index in [0.717, 1.165) is 81.3 Å². The summed E-state index contributed by atoms with van der Waals surface area (Å²) < 4.78 is 0. The van der Waals surface area contributed by atoms with Crippen LogP contribution in [0.3, 0.4) is 0 Å². The molecule has 3 aliphatic rings. The van der Waals surface area contributed by atoms with Crippen molar-refractivity contribution in [2.24, 2.45) is 5.92 Å². The van der Waals surface area contributed by atoms with E-state index in [2.05, 4.69) is 161 Å². The molecule has 2 atom stereocenters. The number of pyridine rings is 2. The van der Waals surface area contributed by atoms with Gasteiger partial charge in [-0.1, -0.05) is 133 Å². The van der Waals surface area contributed by atoms with E-state index in [1.165, 1.54) is 33.8 Å². The Bertz CT molecular complexity index is 2730. The van der Waals surface area contributed by atoms with E-state index < -0.39 is 0 Å². The van der Waals surface area contributed by atoms with Crippen molar-refractivity contribution in [3.05, 3.63) is 150 Å². The van der Waals surface area contributed by atoms with Crippen molar-refractivity contribution < 1.29 is 0 Å². The summed E-state index contributed by atoms with van der Waals surface area (Å²) in [6.45, 7) is 13.9. The number of anilines is 5. The summed E-state index contributed by atoms with van der Waals surface area (Å²) in [5, 5.41) is 1.96. The van der Waals surface area contributed by atoms with E-state index in [0.29, 0.717) is 5.92 Å². The van der Waals surface area contributed by atoms with Gasteiger partial charge in [-0.25, -0.2) is 9.97 Å². The number of rotatable bonds is 6. The quantitative estimate of drug-likeness (QED) is 0.159. The summed E-state index contributed by atoms with van der Waals surface area (Å²) in [7, 11) is 0. The molecule has 278 valence electrons. The predicted molar refractivity (Wildman–Crippen MR) is 232 cm³/mol. The van der Waals surface area contributed by atoms with Gasteiger partial charge >= 0.3 is 0 Å². The van der Waals surface area contributed by atoms with E-state index in [4.69, 9.17) is 19.9 Å². The first-order valence-corrected chi connectivity index (χ1v) is 20.4. The first-order valence-electron chi connectivity index (χ1n) is 20.4. The van der Waals surface area contributed by atoms with Crippen LogP contribution < -0.4 is 9.80 Å². The molecule has 4 aromatic carbocycles. The van der Waals surface area contributed by atoms with Crippen LogP contribution in [0.25, 0.3) is 32.8 Å². The lowest BCUT2D eigenvalue weighted by atomic mass is 9.65.